The van der Waals surface area contributed by atoms with Gasteiger partial charge >= 0.3 is 5.97 Å². The molecule has 0 aromatic heterocycles. The average molecular weight is 285 g/mol. The van der Waals surface area contributed by atoms with Crippen LogP contribution in [0.3, 0.4) is 0 Å². The Bertz CT molecular complexity index is 346. The Kier molecular flexibility index (Phi) is 5.58. The molecule has 2 unspecified atom stereocenters. The van der Waals surface area contributed by atoms with Crippen LogP contribution in [0.5, 0.6) is 0 Å². The Morgan fingerprint density at radius 2 is 2.05 bits per heavy atom. The van der Waals surface area contributed by atoms with Gasteiger partial charge in [0.15, 0.2) is 0 Å². The average Bonchev–Trinajstić information content (AvgIpc) is 2.40. The van der Waals surface area contributed by atoms with Crippen molar-refractivity contribution in [1.82, 2.24) is 15.1 Å². The molecular formula is C15H31N3O2. The van der Waals surface area contributed by atoms with E-state index >= 15 is 0 Å². The zero-order valence-corrected chi connectivity index (χ0v) is 14.1. The number of esters is 1. The van der Waals surface area contributed by atoms with Crippen LogP contribution in [-0.2, 0) is 9.53 Å². The Morgan fingerprint density at radius 3 is 2.50 bits per heavy atom. The van der Waals surface area contributed by atoms with Crippen molar-refractivity contribution in [3.8, 4) is 0 Å². The van der Waals surface area contributed by atoms with E-state index in [0.717, 1.165) is 26.1 Å². The van der Waals surface area contributed by atoms with E-state index in [-0.39, 0.29) is 11.5 Å². The summed E-state index contributed by atoms with van der Waals surface area (Å²) < 4.78 is 4.92. The zero-order valence-electron chi connectivity index (χ0n) is 14.1. The molecule has 0 bridgehead atoms. The van der Waals surface area contributed by atoms with Gasteiger partial charge in [-0.25, -0.2) is 0 Å². The molecule has 5 nitrogen and oxygen atoms in total. The van der Waals surface area contributed by atoms with E-state index in [4.69, 9.17) is 4.74 Å². The molecule has 0 radical (unpaired) electrons. The van der Waals surface area contributed by atoms with Gasteiger partial charge in [-0.05, 0) is 48.2 Å². The minimum Gasteiger partial charge on any atom is -0.468 e. The molecule has 0 spiro atoms. The molecule has 1 fully saturated rings. The Labute approximate surface area is 123 Å². The quantitative estimate of drug-likeness (QED) is 0.762. The topological polar surface area (TPSA) is 44.8 Å². The first-order chi connectivity index (χ1) is 9.16. The number of methoxy groups -OCH3 is 1. The van der Waals surface area contributed by atoms with Gasteiger partial charge in [-0.15, -0.1) is 0 Å². The number of carbonyl (C=O) groups excluding carboxylic acids is 1. The van der Waals surface area contributed by atoms with Crippen LogP contribution in [0.25, 0.3) is 0 Å². The van der Waals surface area contributed by atoms with Crippen LogP contribution in [0.1, 0.15) is 34.1 Å². The van der Waals surface area contributed by atoms with E-state index in [1.54, 1.807) is 0 Å². The molecule has 0 saturated carbocycles. The van der Waals surface area contributed by atoms with Crippen LogP contribution in [-0.4, -0.2) is 73.7 Å². The molecule has 5 heteroatoms. The minimum atomic E-state index is -0.623. The summed E-state index contributed by atoms with van der Waals surface area (Å²) in [5.74, 6) is -0.194. The molecule has 2 atom stereocenters. The minimum absolute atomic E-state index is 0.174. The van der Waals surface area contributed by atoms with Crippen molar-refractivity contribution in [3.05, 3.63) is 0 Å². The molecule has 1 N–H and O–H groups in total. The second-order valence-corrected chi connectivity index (χ2v) is 6.83. The van der Waals surface area contributed by atoms with E-state index < -0.39 is 5.54 Å². The summed E-state index contributed by atoms with van der Waals surface area (Å²) in [6.07, 6.45) is 0.746. The summed E-state index contributed by atoms with van der Waals surface area (Å²) in [4.78, 5) is 16.8. The number of piperazine rings is 1. The van der Waals surface area contributed by atoms with E-state index in [1.165, 1.54) is 7.11 Å². The molecule has 1 saturated heterocycles. The van der Waals surface area contributed by atoms with Gasteiger partial charge in [0.25, 0.3) is 0 Å². The third-order valence-corrected chi connectivity index (χ3v) is 4.86. The first-order valence-electron chi connectivity index (χ1n) is 7.39. The van der Waals surface area contributed by atoms with Crippen LogP contribution < -0.4 is 5.32 Å². The van der Waals surface area contributed by atoms with Crippen molar-refractivity contribution in [2.75, 3.05) is 40.8 Å². The number of hydrogen-bond acceptors (Lipinski definition) is 5. The molecule has 0 aromatic carbocycles. The van der Waals surface area contributed by atoms with Gasteiger partial charge in [0.1, 0.15) is 5.54 Å². The molecule has 0 aliphatic carbocycles. The highest BCUT2D eigenvalue weighted by atomic mass is 16.5. The highest BCUT2D eigenvalue weighted by molar-refractivity contribution is 5.80. The molecular weight excluding hydrogens is 254 g/mol. The largest absolute Gasteiger partial charge is 0.468 e. The summed E-state index contributed by atoms with van der Waals surface area (Å²) in [5, 5.41) is 3.12. The molecule has 1 aliphatic heterocycles. The lowest BCUT2D eigenvalue weighted by molar-refractivity contribution is -0.148. The van der Waals surface area contributed by atoms with Crippen LogP contribution >= 0.6 is 0 Å². The van der Waals surface area contributed by atoms with Gasteiger partial charge in [0.2, 0.25) is 0 Å². The van der Waals surface area contributed by atoms with Crippen LogP contribution in [0.2, 0.25) is 0 Å². The van der Waals surface area contributed by atoms with Gasteiger partial charge < -0.3 is 10.1 Å². The fourth-order valence-electron chi connectivity index (χ4n) is 2.89. The summed E-state index contributed by atoms with van der Waals surface area (Å²) in [7, 11) is 5.44. The van der Waals surface area contributed by atoms with E-state index in [0.29, 0.717) is 6.04 Å². The maximum Gasteiger partial charge on any atom is 0.325 e. The van der Waals surface area contributed by atoms with Crippen molar-refractivity contribution in [1.29, 1.82) is 0 Å². The van der Waals surface area contributed by atoms with E-state index in [1.807, 2.05) is 14.0 Å². The zero-order chi connectivity index (χ0) is 15.6. The van der Waals surface area contributed by atoms with Crippen molar-refractivity contribution in [3.63, 3.8) is 0 Å². The highest BCUT2D eigenvalue weighted by Gasteiger charge is 2.38. The number of nitrogens with one attached hydrogen (secondary N) is 1. The number of ether oxygens (including phenoxy) is 1. The van der Waals surface area contributed by atoms with Crippen molar-refractivity contribution < 1.29 is 9.53 Å². The Balaban J connectivity index is 2.71. The Hall–Kier alpha value is -0.650. The number of carbonyl (C=O) groups is 1. The molecule has 1 aliphatic rings. The highest BCUT2D eigenvalue weighted by Crippen LogP contribution is 2.24. The summed E-state index contributed by atoms with van der Waals surface area (Å²) >= 11 is 0. The predicted molar refractivity (Wildman–Crippen MR) is 81.8 cm³/mol. The second kappa shape index (κ2) is 6.41. The first kappa shape index (κ1) is 17.4. The third-order valence-electron chi connectivity index (χ3n) is 4.86. The van der Waals surface area contributed by atoms with Gasteiger partial charge in [-0.3, -0.25) is 14.6 Å². The smallest absolute Gasteiger partial charge is 0.325 e. The fraction of sp³-hybridized carbons (Fsp3) is 0.933. The van der Waals surface area contributed by atoms with Crippen LogP contribution in [0, 0.1) is 0 Å². The molecule has 1 rings (SSSR count). The lowest BCUT2D eigenvalue weighted by atomic mass is 9.91. The molecule has 0 amide bonds. The normalized spacial score (nSPS) is 24.9. The molecule has 20 heavy (non-hydrogen) atoms. The van der Waals surface area contributed by atoms with Crippen molar-refractivity contribution >= 4 is 5.97 Å². The SMILES string of the molecule is CNC(C)(CC(C)N1CCN(C)C(C)(C)C1)C(=O)OC. The van der Waals surface area contributed by atoms with Gasteiger partial charge in [-0.2, -0.15) is 0 Å². The van der Waals surface area contributed by atoms with E-state index in [9.17, 15) is 4.79 Å². The number of nitrogens with zero attached hydrogens (tertiary/aromatic N) is 2. The monoisotopic (exact) mass is 285 g/mol. The molecule has 1 heterocycles. The van der Waals surface area contributed by atoms with Crippen molar-refractivity contribution in [2.24, 2.45) is 0 Å². The molecule has 0 aromatic rings. The molecule has 118 valence electrons. The van der Waals surface area contributed by atoms with Crippen molar-refractivity contribution in [2.45, 2.75) is 51.2 Å². The fourth-order valence-corrected chi connectivity index (χ4v) is 2.89. The lowest BCUT2D eigenvalue weighted by Crippen LogP contribution is -2.61. The number of hydrogen-bond donors (Lipinski definition) is 1. The van der Waals surface area contributed by atoms with Gasteiger partial charge in [-0.1, -0.05) is 0 Å². The summed E-state index contributed by atoms with van der Waals surface area (Å²) in [6, 6.07) is 0.333. The maximum atomic E-state index is 12.0. The summed E-state index contributed by atoms with van der Waals surface area (Å²) in [6.45, 7) is 11.8. The van der Waals surface area contributed by atoms with Crippen LogP contribution in [0.4, 0.5) is 0 Å². The Morgan fingerprint density at radius 1 is 1.45 bits per heavy atom. The van der Waals surface area contributed by atoms with E-state index in [2.05, 4.69) is 42.9 Å². The predicted octanol–water partition coefficient (Wildman–Crippen LogP) is 0.942. The maximum absolute atomic E-state index is 12.0. The number of rotatable bonds is 5. The van der Waals surface area contributed by atoms with Gasteiger partial charge in [0, 0.05) is 31.2 Å². The first-order valence-corrected chi connectivity index (χ1v) is 7.39. The second-order valence-electron chi connectivity index (χ2n) is 6.83. The number of likely N-dealkylation sites (N-methyl/N-ethyl adjacent to an activating group) is 2. The van der Waals surface area contributed by atoms with Gasteiger partial charge in [0.05, 0.1) is 7.11 Å². The van der Waals surface area contributed by atoms with Crippen LogP contribution in [0.15, 0.2) is 0 Å². The third kappa shape index (κ3) is 3.71. The summed E-state index contributed by atoms with van der Waals surface area (Å²) in [5.41, 5.74) is -0.449. The standard InChI is InChI=1S/C15H31N3O2/c1-12(10-15(4,16-5)13(19)20-7)18-9-8-17(6)14(2,3)11-18/h12,16H,8-11H2,1-7H3. The lowest BCUT2D eigenvalue weighted by Gasteiger charge is -2.48.